The van der Waals surface area contributed by atoms with Crippen LogP contribution in [0.1, 0.15) is 250 Å². The lowest BCUT2D eigenvalue weighted by atomic mass is 9.98. The molecule has 0 bridgehead atoms. The Labute approximate surface area is 757 Å². The summed E-state index contributed by atoms with van der Waals surface area (Å²) in [5.74, 6) is 0.995. The van der Waals surface area contributed by atoms with Gasteiger partial charge in [-0.25, -0.2) is 0 Å². The fourth-order valence-corrected chi connectivity index (χ4v) is 16.3. The highest BCUT2D eigenvalue weighted by molar-refractivity contribution is 5.83. The van der Waals surface area contributed by atoms with Crippen LogP contribution in [0.15, 0.2) is 352 Å². The molecule has 1 atom stereocenters. The van der Waals surface area contributed by atoms with Crippen molar-refractivity contribution in [1.29, 1.82) is 0 Å². The molecule has 0 aliphatic rings. The Kier molecular flexibility index (Phi) is 46.3. The number of hydrogen-bond donors (Lipinski definition) is 1. The summed E-state index contributed by atoms with van der Waals surface area (Å²) in [5, 5.41) is 12.7. The Hall–Kier alpha value is -10.9. The number of aryl methyl sites for hydroxylation is 18. The molecule has 0 fully saturated rings. The number of fused-ring (bicyclic) bond motifs is 1. The second kappa shape index (κ2) is 59.1. The van der Waals surface area contributed by atoms with Crippen LogP contribution in [0.5, 0.6) is 5.75 Å². The van der Waals surface area contributed by atoms with E-state index in [1.165, 1.54) is 244 Å². The van der Waals surface area contributed by atoms with Crippen molar-refractivity contribution in [1.82, 2.24) is 0 Å². The van der Waals surface area contributed by atoms with E-state index in [2.05, 4.69) is 382 Å². The van der Waals surface area contributed by atoms with E-state index >= 15 is 0 Å². The first-order valence-corrected chi connectivity index (χ1v) is 48.0. The number of aliphatic hydroxyl groups excluding tert-OH is 1. The molecule has 0 heterocycles. The summed E-state index contributed by atoms with van der Waals surface area (Å²) in [4.78, 5) is 0. The molecule has 1 N–H and O–H groups in total. The molecule has 0 saturated carbocycles. The minimum absolute atomic E-state index is 0.311. The summed E-state index contributed by atoms with van der Waals surface area (Å²) in [6.07, 6.45) is 37.5. The van der Waals surface area contributed by atoms with Crippen molar-refractivity contribution in [2.24, 2.45) is 0 Å². The van der Waals surface area contributed by atoms with Gasteiger partial charge in [-0.3, -0.25) is 0 Å². The van der Waals surface area contributed by atoms with Crippen LogP contribution in [0, 0.1) is 6.92 Å². The number of ether oxygens (including phenoxy) is 1. The molecular formula is C123H148O2. The van der Waals surface area contributed by atoms with Crippen molar-refractivity contribution in [2.45, 2.75) is 260 Å². The van der Waals surface area contributed by atoms with Crippen LogP contribution >= 0.6 is 0 Å². The molecule has 652 valence electrons. The maximum absolute atomic E-state index is 10.0. The van der Waals surface area contributed by atoms with Gasteiger partial charge >= 0.3 is 0 Å². The molecule has 0 aliphatic carbocycles. The molecule has 125 heavy (non-hydrogen) atoms. The molecule has 2 heteroatoms. The SMILES string of the molecule is CCCC(O)c1cccc(CCCc2ccccc2)c1.CCCCc1cccc(CCCCc2ccccc2)c1.CCCCc1cccc(CCc2ccc3ccccc3c2)c1.CCCCc1cccc(CCc2cccc(-c3ccccc3)c2)c1.CCCCc1cccc(CCc2ccccc2C)c1.CCCCc1cccc(CCc2ccccc2OC)c1. The van der Waals surface area contributed by atoms with Gasteiger partial charge in [0.05, 0.1) is 13.2 Å². The van der Waals surface area contributed by atoms with Gasteiger partial charge in [-0.05, 0) is 308 Å². The van der Waals surface area contributed by atoms with Gasteiger partial charge in [0.15, 0.2) is 0 Å². The van der Waals surface area contributed by atoms with Gasteiger partial charge in [-0.1, -0.05) is 426 Å². The van der Waals surface area contributed by atoms with Gasteiger partial charge < -0.3 is 9.84 Å². The fraction of sp³-hybridized carbons (Fsp3) is 0.333. The van der Waals surface area contributed by atoms with E-state index in [4.69, 9.17) is 4.74 Å². The predicted octanol–water partition coefficient (Wildman–Crippen LogP) is 32.7. The van der Waals surface area contributed by atoms with E-state index < -0.39 is 0 Å². The monoisotopic (exact) mass is 1660 g/mol. The Morgan fingerprint density at radius 1 is 0.216 bits per heavy atom. The highest BCUT2D eigenvalue weighted by Crippen LogP contribution is 2.27. The minimum atomic E-state index is -0.311. The molecule has 0 spiro atoms. The van der Waals surface area contributed by atoms with Crippen LogP contribution in [0.4, 0.5) is 0 Å². The predicted molar refractivity (Wildman–Crippen MR) is 543 cm³/mol. The van der Waals surface area contributed by atoms with Crippen molar-refractivity contribution in [3.8, 4) is 16.9 Å². The van der Waals surface area contributed by atoms with E-state index in [0.29, 0.717) is 0 Å². The molecule has 0 radical (unpaired) electrons. The van der Waals surface area contributed by atoms with Crippen LogP contribution in [0.3, 0.4) is 0 Å². The average Bonchev–Trinajstić information content (AvgIpc) is 0.853. The van der Waals surface area contributed by atoms with E-state index in [1.54, 1.807) is 7.11 Å². The van der Waals surface area contributed by atoms with Gasteiger partial charge in [-0.15, -0.1) is 0 Å². The maximum atomic E-state index is 10.0. The zero-order chi connectivity index (χ0) is 87.8. The molecule has 14 aromatic carbocycles. The third-order valence-corrected chi connectivity index (χ3v) is 23.8. The second-order valence-corrected chi connectivity index (χ2v) is 34.2. The van der Waals surface area contributed by atoms with Gasteiger partial charge in [0, 0.05) is 0 Å². The summed E-state index contributed by atoms with van der Waals surface area (Å²) >= 11 is 0. The summed E-state index contributed by atoms with van der Waals surface area (Å²) in [5.41, 5.74) is 29.6. The fourth-order valence-electron chi connectivity index (χ4n) is 16.3. The van der Waals surface area contributed by atoms with Crippen molar-refractivity contribution >= 4 is 10.8 Å². The third-order valence-electron chi connectivity index (χ3n) is 23.8. The summed E-state index contributed by atoms with van der Waals surface area (Å²) in [6.45, 7) is 15.6. The topological polar surface area (TPSA) is 29.5 Å². The number of para-hydroxylation sites is 1. The summed E-state index contributed by atoms with van der Waals surface area (Å²) in [7, 11) is 1.74. The highest BCUT2D eigenvalue weighted by atomic mass is 16.5. The van der Waals surface area contributed by atoms with Gasteiger partial charge in [0.2, 0.25) is 0 Å². The van der Waals surface area contributed by atoms with E-state index in [-0.39, 0.29) is 6.10 Å². The number of aliphatic hydroxyl groups is 1. The van der Waals surface area contributed by atoms with Crippen molar-refractivity contribution in [3.05, 3.63) is 458 Å². The average molecular weight is 1660 g/mol. The number of unbranched alkanes of at least 4 members (excludes halogenated alkanes) is 6. The first kappa shape index (κ1) is 97.9. The second-order valence-electron chi connectivity index (χ2n) is 34.2. The Balaban J connectivity index is 0.000000170. The standard InChI is InChI=1S/C24H26.C22H24.C20H26.2C19H24O.C19H24/c1-2-3-9-20-10-7-11-21(18-20)16-17-22-12-8-15-24(19-22)23-13-5-4-6-14-23;1-2-3-7-18-8-6-9-19(16-18)12-13-20-14-15-21-10-4-5-11-22(21)17-20;1-2-3-10-19-15-9-16-20(17-19)14-8-7-13-18-11-5-4-6-12-18;1-3-4-8-16-9-7-10-17(15-16)13-14-18-11-5-6-12-19(18)20-2;1-2-8-19(20)18-14-7-13-17(15-18)12-6-11-16-9-4-3-5-10-16;1-3-4-9-17-10-7-11-18(15-17)13-14-19-12-6-5-8-16(19)2/h4-8,10-15,18-19H,2-3,9,16-17H2,1H3;4-6,8-11,14-17H,2-3,7,12-13H2,1H3;4-6,9,11-12,15-17H,2-3,7-8,10,13-14H2,1H3;5-7,9-12,15H,3-4,8,13-14H2,1-2H3;3-5,7,9-10,13-15,19-20H,2,6,8,11-12H2,1H3;5-8,10-12,15H,3-4,9,13-14H2,1-2H3. The zero-order valence-electron chi connectivity index (χ0n) is 77.5. The minimum Gasteiger partial charge on any atom is -0.496 e. The Bertz CT molecular complexity index is 5210. The van der Waals surface area contributed by atoms with Crippen LogP contribution in [-0.2, 0) is 109 Å². The zero-order valence-corrected chi connectivity index (χ0v) is 77.5. The molecule has 0 amide bonds. The normalized spacial score (nSPS) is 11.0. The highest BCUT2D eigenvalue weighted by Gasteiger charge is 2.10. The molecule has 2 nitrogen and oxygen atoms in total. The Morgan fingerprint density at radius 3 is 0.960 bits per heavy atom. The molecular weight excluding hydrogens is 1510 g/mol. The molecule has 0 aliphatic heterocycles. The van der Waals surface area contributed by atoms with Crippen LogP contribution < -0.4 is 4.74 Å². The number of hydrogen-bond acceptors (Lipinski definition) is 2. The molecule has 0 saturated heterocycles. The lowest BCUT2D eigenvalue weighted by Gasteiger charge is -2.11. The van der Waals surface area contributed by atoms with Gasteiger partial charge in [0.25, 0.3) is 0 Å². The lowest BCUT2D eigenvalue weighted by Crippen LogP contribution is -1.98. The van der Waals surface area contributed by atoms with Crippen LogP contribution in [0.2, 0.25) is 0 Å². The molecule has 0 aromatic heterocycles. The lowest BCUT2D eigenvalue weighted by molar-refractivity contribution is 0.166. The van der Waals surface area contributed by atoms with Crippen molar-refractivity contribution < 1.29 is 9.84 Å². The molecule has 14 aromatic rings. The van der Waals surface area contributed by atoms with E-state index in [9.17, 15) is 5.11 Å². The third kappa shape index (κ3) is 38.2. The Morgan fingerprint density at radius 2 is 0.520 bits per heavy atom. The quantitative estimate of drug-likeness (QED) is 0.0387. The summed E-state index contributed by atoms with van der Waals surface area (Å²) < 4.78 is 5.41. The van der Waals surface area contributed by atoms with Gasteiger partial charge in [-0.2, -0.15) is 0 Å². The number of rotatable bonds is 41. The van der Waals surface area contributed by atoms with Crippen molar-refractivity contribution in [2.75, 3.05) is 7.11 Å². The van der Waals surface area contributed by atoms with E-state index in [1.807, 2.05) is 18.2 Å². The number of benzene rings is 14. The molecule has 14 rings (SSSR count). The smallest absolute Gasteiger partial charge is 0.122 e. The number of methoxy groups -OCH3 is 1. The first-order chi connectivity index (χ1) is 61.5. The first-order valence-electron chi connectivity index (χ1n) is 48.0. The van der Waals surface area contributed by atoms with Crippen LogP contribution in [0.25, 0.3) is 21.9 Å². The van der Waals surface area contributed by atoms with Crippen molar-refractivity contribution in [3.63, 3.8) is 0 Å². The largest absolute Gasteiger partial charge is 0.496 e. The van der Waals surface area contributed by atoms with Gasteiger partial charge in [0.1, 0.15) is 5.75 Å². The molecule has 1 unspecified atom stereocenters. The maximum Gasteiger partial charge on any atom is 0.122 e. The van der Waals surface area contributed by atoms with Crippen LogP contribution in [-0.4, -0.2) is 12.2 Å². The van der Waals surface area contributed by atoms with E-state index in [0.717, 1.165) is 94.8 Å². The summed E-state index contributed by atoms with van der Waals surface area (Å²) in [6, 6.07) is 127.